The summed E-state index contributed by atoms with van der Waals surface area (Å²) < 4.78 is 0. The maximum absolute atomic E-state index is 2.32. The number of rotatable bonds is 7. The SMILES string of the molecule is c1ccc2c(CSCCSCc3c4ccccc4cc4ccccc34)c3ccccc3cc2c1. The standard InChI is InChI=1S/C32H26S2/c1-5-13-27-23(9-1)19-24-10-2-6-14-28(24)31(27)21-33-17-18-34-22-32-29-15-7-3-11-25(29)20-26-12-4-8-16-30(26)32/h1-16,19-20H,17-18,21-22H2. The van der Waals surface area contributed by atoms with Crippen molar-refractivity contribution >= 4 is 66.6 Å². The zero-order chi connectivity index (χ0) is 22.7. The van der Waals surface area contributed by atoms with Gasteiger partial charge in [0.15, 0.2) is 0 Å². The molecule has 0 aromatic heterocycles. The molecule has 166 valence electrons. The van der Waals surface area contributed by atoms with Crippen LogP contribution < -0.4 is 0 Å². The lowest BCUT2D eigenvalue weighted by atomic mass is 9.98. The molecule has 0 saturated heterocycles. The Morgan fingerprint density at radius 3 is 1.00 bits per heavy atom. The highest BCUT2D eigenvalue weighted by Gasteiger charge is 2.09. The molecule has 0 amide bonds. The normalized spacial score (nSPS) is 11.6. The molecule has 0 radical (unpaired) electrons. The lowest BCUT2D eigenvalue weighted by Gasteiger charge is -2.12. The summed E-state index contributed by atoms with van der Waals surface area (Å²) in [5.41, 5.74) is 2.95. The van der Waals surface area contributed by atoms with Gasteiger partial charge in [0.2, 0.25) is 0 Å². The summed E-state index contributed by atoms with van der Waals surface area (Å²) in [7, 11) is 0. The van der Waals surface area contributed by atoms with Crippen LogP contribution in [0.4, 0.5) is 0 Å². The third-order valence-electron chi connectivity index (χ3n) is 6.63. The number of hydrogen-bond acceptors (Lipinski definition) is 2. The van der Waals surface area contributed by atoms with E-state index >= 15 is 0 Å². The average molecular weight is 475 g/mol. The molecule has 0 saturated carbocycles. The van der Waals surface area contributed by atoms with E-state index < -0.39 is 0 Å². The number of thioether (sulfide) groups is 2. The van der Waals surface area contributed by atoms with Crippen molar-refractivity contribution in [2.75, 3.05) is 11.5 Å². The molecule has 0 fully saturated rings. The highest BCUT2D eigenvalue weighted by molar-refractivity contribution is 8.02. The zero-order valence-electron chi connectivity index (χ0n) is 19.0. The Labute approximate surface area is 209 Å². The minimum Gasteiger partial charge on any atom is -0.156 e. The van der Waals surface area contributed by atoms with Crippen LogP contribution in [-0.4, -0.2) is 11.5 Å². The smallest absolute Gasteiger partial charge is 0.0197 e. The summed E-state index contributed by atoms with van der Waals surface area (Å²) in [4.78, 5) is 0. The summed E-state index contributed by atoms with van der Waals surface area (Å²) >= 11 is 4.12. The third kappa shape index (κ3) is 4.17. The molecule has 0 aliphatic rings. The van der Waals surface area contributed by atoms with Gasteiger partial charge in [-0.3, -0.25) is 0 Å². The van der Waals surface area contributed by atoms with Crippen LogP contribution in [0.1, 0.15) is 11.1 Å². The van der Waals surface area contributed by atoms with Gasteiger partial charge in [0, 0.05) is 23.0 Å². The van der Waals surface area contributed by atoms with Gasteiger partial charge in [-0.2, -0.15) is 23.5 Å². The lowest BCUT2D eigenvalue weighted by molar-refractivity contribution is 1.44. The fraction of sp³-hybridized carbons (Fsp3) is 0.125. The molecule has 0 atom stereocenters. The highest BCUT2D eigenvalue weighted by Crippen LogP contribution is 2.33. The molecule has 0 aliphatic heterocycles. The van der Waals surface area contributed by atoms with Crippen molar-refractivity contribution in [3.63, 3.8) is 0 Å². The molecule has 0 N–H and O–H groups in total. The van der Waals surface area contributed by atoms with Crippen molar-refractivity contribution < 1.29 is 0 Å². The van der Waals surface area contributed by atoms with Crippen molar-refractivity contribution in [2.45, 2.75) is 11.5 Å². The number of benzene rings is 6. The monoisotopic (exact) mass is 474 g/mol. The molecule has 6 aromatic rings. The van der Waals surface area contributed by atoms with Gasteiger partial charge in [0.05, 0.1) is 0 Å². The molecule has 0 spiro atoms. The molecule has 0 nitrogen and oxygen atoms in total. The molecule has 2 heteroatoms. The van der Waals surface area contributed by atoms with Crippen LogP contribution in [0, 0.1) is 0 Å². The van der Waals surface area contributed by atoms with Gasteiger partial charge >= 0.3 is 0 Å². The Morgan fingerprint density at radius 1 is 0.382 bits per heavy atom. The fourth-order valence-electron chi connectivity index (χ4n) is 4.99. The van der Waals surface area contributed by atoms with Gasteiger partial charge in [0.25, 0.3) is 0 Å². The maximum Gasteiger partial charge on any atom is 0.0197 e. The van der Waals surface area contributed by atoms with E-state index in [0.717, 1.165) is 23.0 Å². The predicted molar refractivity (Wildman–Crippen MR) is 155 cm³/mol. The summed E-state index contributed by atoms with van der Waals surface area (Å²) in [5, 5.41) is 10.9. The largest absolute Gasteiger partial charge is 0.156 e. The van der Waals surface area contributed by atoms with E-state index in [2.05, 4.69) is 133 Å². The van der Waals surface area contributed by atoms with Gasteiger partial charge in [-0.25, -0.2) is 0 Å². The van der Waals surface area contributed by atoms with E-state index in [-0.39, 0.29) is 0 Å². The lowest BCUT2D eigenvalue weighted by Crippen LogP contribution is -1.92. The van der Waals surface area contributed by atoms with E-state index in [9.17, 15) is 0 Å². The van der Waals surface area contributed by atoms with Crippen LogP contribution in [0.5, 0.6) is 0 Å². The Kier molecular flexibility index (Phi) is 6.18. The second kappa shape index (κ2) is 9.74. The quantitative estimate of drug-likeness (QED) is 0.167. The Bertz CT molecular complexity index is 1390. The Balaban J connectivity index is 1.16. The van der Waals surface area contributed by atoms with Gasteiger partial charge in [-0.15, -0.1) is 0 Å². The van der Waals surface area contributed by atoms with Crippen LogP contribution in [0.2, 0.25) is 0 Å². The van der Waals surface area contributed by atoms with Crippen molar-refractivity contribution in [3.8, 4) is 0 Å². The van der Waals surface area contributed by atoms with E-state index in [4.69, 9.17) is 0 Å². The summed E-state index contributed by atoms with van der Waals surface area (Å²) in [6, 6.07) is 39.9. The average Bonchev–Trinajstić information content (AvgIpc) is 2.89. The van der Waals surface area contributed by atoms with Crippen LogP contribution in [-0.2, 0) is 11.5 Å². The van der Waals surface area contributed by atoms with Crippen molar-refractivity contribution in [2.24, 2.45) is 0 Å². The molecule has 0 aliphatic carbocycles. The van der Waals surface area contributed by atoms with Crippen molar-refractivity contribution in [1.82, 2.24) is 0 Å². The fourth-order valence-corrected chi connectivity index (χ4v) is 7.26. The summed E-state index contributed by atoms with van der Waals surface area (Å²) in [6.45, 7) is 0. The second-order valence-electron chi connectivity index (χ2n) is 8.70. The van der Waals surface area contributed by atoms with Crippen LogP contribution in [0.25, 0.3) is 43.1 Å². The first-order valence-corrected chi connectivity index (χ1v) is 14.1. The van der Waals surface area contributed by atoms with Gasteiger partial charge < -0.3 is 0 Å². The molecule has 0 unspecified atom stereocenters. The Morgan fingerprint density at radius 2 is 0.676 bits per heavy atom. The highest BCUT2D eigenvalue weighted by atomic mass is 32.2. The van der Waals surface area contributed by atoms with Crippen molar-refractivity contribution in [3.05, 3.63) is 120 Å². The first kappa shape index (κ1) is 21.6. The molecule has 0 bridgehead atoms. The predicted octanol–water partition coefficient (Wildman–Crippen LogP) is 9.47. The van der Waals surface area contributed by atoms with Gasteiger partial charge in [0.1, 0.15) is 0 Å². The first-order chi connectivity index (χ1) is 16.9. The van der Waals surface area contributed by atoms with E-state index in [1.807, 2.05) is 0 Å². The minimum absolute atomic E-state index is 1.06. The minimum atomic E-state index is 1.06. The molecule has 6 aromatic carbocycles. The summed E-state index contributed by atoms with van der Waals surface area (Å²) in [6.07, 6.45) is 0. The van der Waals surface area contributed by atoms with E-state index in [1.54, 1.807) is 0 Å². The molecule has 0 heterocycles. The number of fused-ring (bicyclic) bond motifs is 4. The molecule has 6 rings (SSSR count). The van der Waals surface area contributed by atoms with Gasteiger partial charge in [-0.1, -0.05) is 97.1 Å². The van der Waals surface area contributed by atoms with E-state index in [0.29, 0.717) is 0 Å². The van der Waals surface area contributed by atoms with Crippen LogP contribution in [0.15, 0.2) is 109 Å². The summed E-state index contributed by atoms with van der Waals surface area (Å²) in [5.74, 6) is 4.43. The molecular formula is C32H26S2. The third-order valence-corrected chi connectivity index (χ3v) is 8.86. The number of hydrogen-bond donors (Lipinski definition) is 0. The molecule has 34 heavy (non-hydrogen) atoms. The topological polar surface area (TPSA) is 0 Å². The Hall–Kier alpha value is -2.94. The second-order valence-corrected chi connectivity index (χ2v) is 10.9. The van der Waals surface area contributed by atoms with Crippen LogP contribution in [0.3, 0.4) is 0 Å². The first-order valence-electron chi connectivity index (χ1n) is 11.8. The van der Waals surface area contributed by atoms with E-state index in [1.165, 1.54) is 54.2 Å². The maximum atomic E-state index is 2.32. The molecular weight excluding hydrogens is 448 g/mol. The zero-order valence-corrected chi connectivity index (χ0v) is 20.7. The van der Waals surface area contributed by atoms with Crippen LogP contribution >= 0.6 is 23.5 Å². The van der Waals surface area contributed by atoms with Gasteiger partial charge in [-0.05, 0) is 66.3 Å². The van der Waals surface area contributed by atoms with Crippen molar-refractivity contribution in [1.29, 1.82) is 0 Å².